The van der Waals surface area contributed by atoms with Gasteiger partial charge in [-0.2, -0.15) is 0 Å². The van der Waals surface area contributed by atoms with Gasteiger partial charge in [-0.3, -0.25) is 0 Å². The van der Waals surface area contributed by atoms with Crippen LogP contribution in [0.4, 0.5) is 0 Å². The van der Waals surface area contributed by atoms with Gasteiger partial charge in [-0.25, -0.2) is 0 Å². The molecule has 0 heterocycles. The number of rotatable bonds is 1. The van der Waals surface area contributed by atoms with Crippen LogP contribution in [0.3, 0.4) is 0 Å². The van der Waals surface area contributed by atoms with Crippen molar-refractivity contribution < 1.29 is 0 Å². The average molecular weight is 166 g/mol. The summed E-state index contributed by atoms with van der Waals surface area (Å²) in [7, 11) is 5.65. The molecular weight excluding hydrogens is 158 g/mol. The summed E-state index contributed by atoms with van der Waals surface area (Å²) in [5, 5.41) is 0. The molecule has 0 aliphatic carbocycles. The number of benzene rings is 1. The van der Waals surface area contributed by atoms with Crippen LogP contribution in [0.5, 0.6) is 0 Å². The minimum atomic E-state index is -0.360. The van der Waals surface area contributed by atoms with E-state index in [1.165, 1.54) is 4.90 Å². The first-order chi connectivity index (χ1) is 4.79. The van der Waals surface area contributed by atoms with E-state index in [9.17, 15) is 0 Å². The molecule has 1 aromatic rings. The van der Waals surface area contributed by atoms with Gasteiger partial charge in [0.2, 0.25) is 0 Å². The first-order valence-corrected chi connectivity index (χ1v) is 6.28. The second-order valence-corrected chi connectivity index (χ2v) is 5.97. The van der Waals surface area contributed by atoms with Crippen LogP contribution in [-0.4, -0.2) is 13.7 Å². The standard InChI is InChI=1S/C7H8BPS/c1-9(8)10-7-5-3-2-4-6-7/h2-6H,1H3. The Morgan fingerprint density at radius 1 is 1.30 bits per heavy atom. The molecule has 1 rings (SSSR count). The molecule has 0 saturated carbocycles. The SMILES string of the molecule is B#P(C)Sc1ccccc1. The molecule has 0 bridgehead atoms. The van der Waals surface area contributed by atoms with Crippen LogP contribution in [0, 0.1) is 0 Å². The Labute approximate surface area is 67.2 Å². The maximum absolute atomic E-state index is 5.65. The van der Waals surface area contributed by atoms with Gasteiger partial charge in [-0.05, 0) is 0 Å². The van der Waals surface area contributed by atoms with Crippen molar-refractivity contribution in [3.05, 3.63) is 30.3 Å². The van der Waals surface area contributed by atoms with Gasteiger partial charge in [0.15, 0.2) is 0 Å². The Morgan fingerprint density at radius 3 is 2.40 bits per heavy atom. The molecule has 0 radical (unpaired) electrons. The van der Waals surface area contributed by atoms with Crippen molar-refractivity contribution >= 4 is 24.8 Å². The van der Waals surface area contributed by atoms with E-state index < -0.39 is 0 Å². The fraction of sp³-hybridized carbons (Fsp3) is 0.143. The van der Waals surface area contributed by atoms with Gasteiger partial charge in [0.1, 0.15) is 0 Å². The summed E-state index contributed by atoms with van der Waals surface area (Å²) in [5.41, 5.74) is 0. The van der Waals surface area contributed by atoms with Crippen molar-refractivity contribution in [2.75, 3.05) is 6.66 Å². The molecule has 0 fully saturated rings. The predicted molar refractivity (Wildman–Crippen MR) is 50.9 cm³/mol. The summed E-state index contributed by atoms with van der Waals surface area (Å²) in [6.07, 6.45) is -0.360. The molecule has 3 heteroatoms. The normalized spacial score (nSPS) is 11.3. The first-order valence-electron chi connectivity index (χ1n) is 3.00. The van der Waals surface area contributed by atoms with Gasteiger partial charge >= 0.3 is 66.7 Å². The van der Waals surface area contributed by atoms with Crippen LogP contribution in [0.25, 0.3) is 0 Å². The molecule has 0 aliphatic heterocycles. The van der Waals surface area contributed by atoms with Crippen LogP contribution >= 0.6 is 17.8 Å². The molecule has 1 unspecified atom stereocenters. The molecule has 0 spiro atoms. The van der Waals surface area contributed by atoms with E-state index in [4.69, 9.17) is 7.01 Å². The molecule has 0 saturated heterocycles. The van der Waals surface area contributed by atoms with E-state index in [2.05, 4.69) is 12.1 Å². The molecule has 0 N–H and O–H groups in total. The zero-order chi connectivity index (χ0) is 7.40. The van der Waals surface area contributed by atoms with E-state index in [-0.39, 0.29) is 6.44 Å². The Bertz CT molecular complexity index is 262. The first kappa shape index (κ1) is 8.04. The second-order valence-electron chi connectivity index (χ2n) is 1.95. The Balaban J connectivity index is 2.71. The van der Waals surface area contributed by atoms with E-state index in [1.807, 2.05) is 24.9 Å². The molecule has 0 aliphatic rings. The van der Waals surface area contributed by atoms with Crippen molar-refractivity contribution in [2.24, 2.45) is 0 Å². The topological polar surface area (TPSA) is 0 Å². The summed E-state index contributed by atoms with van der Waals surface area (Å²) < 4.78 is 0. The number of hydrogen-bond acceptors (Lipinski definition) is 1. The Morgan fingerprint density at radius 2 is 1.90 bits per heavy atom. The van der Waals surface area contributed by atoms with Crippen LogP contribution in [0.15, 0.2) is 35.2 Å². The molecule has 50 valence electrons. The minimum absolute atomic E-state index is 0.360. The summed E-state index contributed by atoms with van der Waals surface area (Å²) in [6, 6.07) is 10.2. The van der Waals surface area contributed by atoms with Crippen molar-refractivity contribution in [1.29, 1.82) is 0 Å². The molecule has 0 aromatic heterocycles. The summed E-state index contributed by atoms with van der Waals surface area (Å²) >= 11 is 1.74. The third-order valence-corrected chi connectivity index (χ3v) is 3.26. The van der Waals surface area contributed by atoms with E-state index >= 15 is 0 Å². The van der Waals surface area contributed by atoms with E-state index in [0.29, 0.717) is 0 Å². The molecular formula is C7H8BPS. The van der Waals surface area contributed by atoms with Crippen LogP contribution in [-0.2, 0) is 0 Å². The van der Waals surface area contributed by atoms with Gasteiger partial charge in [0.25, 0.3) is 0 Å². The maximum atomic E-state index is 5.65. The van der Waals surface area contributed by atoms with Gasteiger partial charge in [-0.1, -0.05) is 0 Å². The Kier molecular flexibility index (Phi) is 3.17. The zero-order valence-electron chi connectivity index (χ0n) is 5.82. The fourth-order valence-corrected chi connectivity index (χ4v) is 2.62. The van der Waals surface area contributed by atoms with Gasteiger partial charge in [-0.15, -0.1) is 0 Å². The van der Waals surface area contributed by atoms with Gasteiger partial charge in [0.05, 0.1) is 0 Å². The summed E-state index contributed by atoms with van der Waals surface area (Å²) in [6.45, 7) is 2.05. The molecule has 1 aromatic carbocycles. The third-order valence-electron chi connectivity index (χ3n) is 0.993. The second kappa shape index (κ2) is 3.95. The van der Waals surface area contributed by atoms with Crippen LogP contribution in [0.1, 0.15) is 0 Å². The van der Waals surface area contributed by atoms with Crippen LogP contribution in [0.2, 0.25) is 0 Å². The third kappa shape index (κ3) is 2.68. The van der Waals surface area contributed by atoms with Crippen molar-refractivity contribution in [2.45, 2.75) is 4.90 Å². The van der Waals surface area contributed by atoms with Gasteiger partial charge in [0, 0.05) is 0 Å². The predicted octanol–water partition coefficient (Wildman–Crippen LogP) is 2.89. The fourth-order valence-electron chi connectivity index (χ4n) is 0.648. The number of hydrogen-bond donors (Lipinski definition) is 0. The molecule has 10 heavy (non-hydrogen) atoms. The Hall–Kier alpha value is -0.0651. The average Bonchev–Trinajstić information content (AvgIpc) is 1.88. The van der Waals surface area contributed by atoms with Gasteiger partial charge < -0.3 is 0 Å². The molecule has 0 amide bonds. The molecule has 1 atom stereocenters. The zero-order valence-corrected chi connectivity index (χ0v) is 7.53. The van der Waals surface area contributed by atoms with Crippen molar-refractivity contribution in [3.63, 3.8) is 0 Å². The summed E-state index contributed by atoms with van der Waals surface area (Å²) in [4.78, 5) is 1.26. The quantitative estimate of drug-likeness (QED) is 0.456. The van der Waals surface area contributed by atoms with Crippen molar-refractivity contribution in [3.8, 4) is 0 Å². The van der Waals surface area contributed by atoms with E-state index in [1.54, 1.807) is 11.4 Å². The monoisotopic (exact) mass is 166 g/mol. The molecule has 0 nitrogen and oxygen atoms in total. The van der Waals surface area contributed by atoms with Crippen LogP contribution < -0.4 is 0 Å². The van der Waals surface area contributed by atoms with Crippen molar-refractivity contribution in [1.82, 2.24) is 0 Å². The summed E-state index contributed by atoms with van der Waals surface area (Å²) in [5.74, 6) is 0. The van der Waals surface area contributed by atoms with E-state index in [0.717, 1.165) is 0 Å².